The predicted molar refractivity (Wildman–Crippen MR) is 111 cm³/mol. The zero-order chi connectivity index (χ0) is 22.3. The van der Waals surface area contributed by atoms with Crippen molar-refractivity contribution in [3.05, 3.63) is 58.3 Å². The Morgan fingerprint density at radius 2 is 1.90 bits per heavy atom. The quantitative estimate of drug-likeness (QED) is 0.548. The molecule has 4 rings (SSSR count). The largest absolute Gasteiger partial charge is 0.363 e. The van der Waals surface area contributed by atoms with Crippen LogP contribution in [0.15, 0.2) is 24.3 Å². The molecule has 2 heterocycles. The molecule has 3 aromatic rings. The predicted octanol–water partition coefficient (Wildman–Crippen LogP) is 5.70. The number of aryl methyl sites for hydroxylation is 2. The summed E-state index contributed by atoms with van der Waals surface area (Å²) in [5, 5.41) is 13.4. The number of alkyl halides is 2. The summed E-state index contributed by atoms with van der Waals surface area (Å²) in [7, 11) is 0. The van der Waals surface area contributed by atoms with Crippen molar-refractivity contribution in [1.29, 1.82) is 5.26 Å². The van der Waals surface area contributed by atoms with Crippen LogP contribution in [0, 0.1) is 24.1 Å². The third-order valence-electron chi connectivity index (χ3n) is 5.81. The maximum atomic E-state index is 14.6. The zero-order valence-corrected chi connectivity index (χ0v) is 17.5. The summed E-state index contributed by atoms with van der Waals surface area (Å²) in [5.41, 5.74) is 1.15. The Labute approximate surface area is 178 Å². The lowest BCUT2D eigenvalue weighted by molar-refractivity contribution is 0.146. The van der Waals surface area contributed by atoms with Crippen LogP contribution in [-0.4, -0.2) is 15.0 Å². The first-order valence-electron chi connectivity index (χ1n) is 10.2. The second kappa shape index (κ2) is 7.80. The first kappa shape index (κ1) is 21.0. The molecule has 0 amide bonds. The third-order valence-corrected chi connectivity index (χ3v) is 5.81. The zero-order valence-electron chi connectivity index (χ0n) is 17.5. The van der Waals surface area contributed by atoms with Gasteiger partial charge >= 0.3 is 0 Å². The lowest BCUT2D eigenvalue weighted by Crippen LogP contribution is -2.14. The number of fused-ring (bicyclic) bond motifs is 1. The van der Waals surface area contributed by atoms with Crippen molar-refractivity contribution in [2.45, 2.75) is 57.9 Å². The van der Waals surface area contributed by atoms with Crippen LogP contribution in [-0.2, 0) is 11.8 Å². The van der Waals surface area contributed by atoms with Crippen LogP contribution in [0.2, 0.25) is 0 Å². The van der Waals surface area contributed by atoms with Crippen molar-refractivity contribution in [3.8, 4) is 6.07 Å². The van der Waals surface area contributed by atoms with Gasteiger partial charge in [-0.3, -0.25) is 0 Å². The molecule has 0 radical (unpaired) electrons. The molecule has 1 aliphatic carbocycles. The number of nitrogens with one attached hydrogen (secondary N) is 1. The van der Waals surface area contributed by atoms with Crippen LogP contribution < -0.4 is 5.32 Å². The van der Waals surface area contributed by atoms with E-state index in [1.165, 1.54) is 12.1 Å². The maximum absolute atomic E-state index is 14.6. The Hall–Kier alpha value is -3.21. The summed E-state index contributed by atoms with van der Waals surface area (Å²) in [6.45, 7) is 5.40. The van der Waals surface area contributed by atoms with Gasteiger partial charge in [0.15, 0.2) is 5.65 Å². The van der Waals surface area contributed by atoms with Gasteiger partial charge in [-0.2, -0.15) is 5.26 Å². The highest BCUT2D eigenvalue weighted by Gasteiger charge is 2.46. The fourth-order valence-corrected chi connectivity index (χ4v) is 3.91. The van der Waals surface area contributed by atoms with Crippen molar-refractivity contribution in [2.75, 3.05) is 5.32 Å². The molecule has 1 N–H and O–H groups in total. The molecule has 0 bridgehead atoms. The number of nitriles is 1. The van der Waals surface area contributed by atoms with Gasteiger partial charge in [-0.15, -0.1) is 0 Å². The van der Waals surface area contributed by atoms with Gasteiger partial charge in [0, 0.05) is 11.3 Å². The molecule has 8 heteroatoms. The van der Waals surface area contributed by atoms with E-state index in [1.807, 2.05) is 13.0 Å². The van der Waals surface area contributed by atoms with E-state index in [9.17, 15) is 18.4 Å². The van der Waals surface area contributed by atoms with Crippen LogP contribution in [0.1, 0.15) is 67.4 Å². The molecule has 0 spiro atoms. The van der Waals surface area contributed by atoms with E-state index < -0.39 is 29.3 Å². The molecule has 2 aromatic heterocycles. The average Bonchev–Trinajstić information content (AvgIpc) is 3.53. The maximum Gasteiger partial charge on any atom is 0.266 e. The number of anilines is 1. The van der Waals surface area contributed by atoms with Crippen molar-refractivity contribution < 1.29 is 13.2 Å². The van der Waals surface area contributed by atoms with E-state index in [2.05, 4.69) is 26.3 Å². The topological polar surface area (TPSA) is 74.5 Å². The second-order valence-electron chi connectivity index (χ2n) is 7.94. The number of aromatic nitrogens is 3. The summed E-state index contributed by atoms with van der Waals surface area (Å²) in [6.07, 6.45) is -0.667. The fourth-order valence-electron chi connectivity index (χ4n) is 3.91. The van der Waals surface area contributed by atoms with E-state index in [4.69, 9.17) is 0 Å². The summed E-state index contributed by atoms with van der Waals surface area (Å²) >= 11 is 0. The minimum atomic E-state index is -2.89. The Morgan fingerprint density at radius 1 is 1.19 bits per heavy atom. The first-order chi connectivity index (χ1) is 14.8. The average molecular weight is 425 g/mol. The van der Waals surface area contributed by atoms with E-state index in [0.717, 1.165) is 30.2 Å². The van der Waals surface area contributed by atoms with Crippen LogP contribution in [0.3, 0.4) is 0 Å². The molecule has 0 aliphatic heterocycles. The molecule has 0 unspecified atom stereocenters. The fraction of sp³-hybridized carbons (Fsp3) is 0.391. The highest BCUT2D eigenvalue weighted by molar-refractivity contribution is 5.88. The van der Waals surface area contributed by atoms with Crippen LogP contribution in [0.5, 0.6) is 0 Å². The SMILES string of the molecule is CCc1nc2nc(C)nc(N[C@H](C)c3cccc(C(F)F)c3F)c2cc1C1(C#N)CC1. The van der Waals surface area contributed by atoms with E-state index in [1.54, 1.807) is 13.8 Å². The second-order valence-corrected chi connectivity index (χ2v) is 7.94. The van der Waals surface area contributed by atoms with Crippen LogP contribution in [0.25, 0.3) is 11.0 Å². The minimum Gasteiger partial charge on any atom is -0.363 e. The van der Waals surface area contributed by atoms with Crippen LogP contribution >= 0.6 is 0 Å². The van der Waals surface area contributed by atoms with Gasteiger partial charge in [-0.25, -0.2) is 28.1 Å². The van der Waals surface area contributed by atoms with Crippen LogP contribution in [0.4, 0.5) is 19.0 Å². The summed E-state index contributed by atoms with van der Waals surface area (Å²) in [4.78, 5) is 13.6. The molecule has 1 saturated carbocycles. The summed E-state index contributed by atoms with van der Waals surface area (Å²) in [6, 6.07) is 7.65. The third kappa shape index (κ3) is 3.69. The molecule has 1 atom stereocenters. The number of nitrogens with zero attached hydrogens (tertiary/aromatic N) is 4. The molecule has 1 fully saturated rings. The molecular formula is C23H22F3N5. The molecular weight excluding hydrogens is 403 g/mol. The molecule has 5 nitrogen and oxygen atoms in total. The van der Waals surface area contributed by atoms with Crippen molar-refractivity contribution in [3.63, 3.8) is 0 Å². The molecule has 1 aliphatic rings. The highest BCUT2D eigenvalue weighted by atomic mass is 19.3. The summed E-state index contributed by atoms with van der Waals surface area (Å²) < 4.78 is 40.9. The Balaban J connectivity index is 1.80. The van der Waals surface area contributed by atoms with Gasteiger partial charge < -0.3 is 5.32 Å². The van der Waals surface area contributed by atoms with Gasteiger partial charge in [-0.05, 0) is 44.7 Å². The van der Waals surface area contributed by atoms with Crippen molar-refractivity contribution in [1.82, 2.24) is 15.0 Å². The lowest BCUT2D eigenvalue weighted by Gasteiger charge is -2.20. The van der Waals surface area contributed by atoms with Crippen molar-refractivity contribution >= 4 is 16.9 Å². The number of pyridine rings is 1. The highest BCUT2D eigenvalue weighted by Crippen LogP contribution is 2.49. The van der Waals surface area contributed by atoms with Gasteiger partial charge in [0.1, 0.15) is 17.5 Å². The Morgan fingerprint density at radius 3 is 2.52 bits per heavy atom. The molecule has 1 aromatic carbocycles. The van der Waals surface area contributed by atoms with Gasteiger partial charge in [0.2, 0.25) is 0 Å². The van der Waals surface area contributed by atoms with Gasteiger partial charge in [-0.1, -0.05) is 25.1 Å². The standard InChI is InChI=1S/C23H22F3N5/c1-4-18-17(23(11-27)8-9-23)10-16-21(29-13(3)30-22(16)31-18)28-12(2)14-6-5-7-15(19(14)24)20(25)26/h5-7,10,12,20H,4,8-9H2,1-3H3,(H,28,29,30,31)/t12-/m1/s1. The Kier molecular flexibility index (Phi) is 5.29. The normalized spacial score (nSPS) is 15.7. The molecule has 31 heavy (non-hydrogen) atoms. The Bertz CT molecular complexity index is 1200. The minimum absolute atomic E-state index is 0.122. The number of rotatable bonds is 6. The monoisotopic (exact) mass is 425 g/mol. The van der Waals surface area contributed by atoms with Gasteiger partial charge in [0.05, 0.1) is 28.5 Å². The molecule has 0 saturated heterocycles. The smallest absolute Gasteiger partial charge is 0.266 e. The summed E-state index contributed by atoms with van der Waals surface area (Å²) in [5.74, 6) is -0.0178. The number of hydrogen-bond donors (Lipinski definition) is 1. The number of halogens is 3. The van der Waals surface area contributed by atoms with E-state index >= 15 is 0 Å². The van der Waals surface area contributed by atoms with E-state index in [0.29, 0.717) is 29.1 Å². The number of benzene rings is 1. The number of hydrogen-bond acceptors (Lipinski definition) is 5. The van der Waals surface area contributed by atoms with Crippen molar-refractivity contribution in [2.24, 2.45) is 0 Å². The van der Waals surface area contributed by atoms with E-state index in [-0.39, 0.29) is 5.56 Å². The van der Waals surface area contributed by atoms with Gasteiger partial charge in [0.25, 0.3) is 6.43 Å². The molecule has 160 valence electrons. The first-order valence-corrected chi connectivity index (χ1v) is 10.2. The lowest BCUT2D eigenvalue weighted by atomic mass is 9.94.